The summed E-state index contributed by atoms with van der Waals surface area (Å²) in [7, 11) is 1.56. The van der Waals surface area contributed by atoms with Gasteiger partial charge < -0.3 is 20.3 Å². The van der Waals surface area contributed by atoms with Crippen molar-refractivity contribution in [1.82, 2.24) is 20.2 Å². The van der Waals surface area contributed by atoms with Gasteiger partial charge in [-0.2, -0.15) is 0 Å². The third-order valence-corrected chi connectivity index (χ3v) is 5.92. The lowest BCUT2D eigenvalue weighted by Gasteiger charge is -2.21. The summed E-state index contributed by atoms with van der Waals surface area (Å²) in [6.45, 7) is 1.33. The Morgan fingerprint density at radius 2 is 1.94 bits per heavy atom. The van der Waals surface area contributed by atoms with Crippen LogP contribution >= 0.6 is 34.5 Å². The highest BCUT2D eigenvalue weighted by Gasteiger charge is 2.20. The van der Waals surface area contributed by atoms with E-state index >= 15 is 0 Å². The minimum atomic E-state index is -0.282. The summed E-state index contributed by atoms with van der Waals surface area (Å²) in [6, 6.07) is 8.71. The Hall–Kier alpha value is -2.72. The molecule has 3 rings (SSSR count). The SMILES string of the molecule is COCCN(CCC(=O)NCc1ccncc1)C(=O)c1csc(Nc2cc(Cl)ccc2Cl)n1. The fourth-order valence-corrected chi connectivity index (χ4v) is 3.88. The van der Waals surface area contributed by atoms with E-state index in [2.05, 4.69) is 20.6 Å². The van der Waals surface area contributed by atoms with E-state index < -0.39 is 0 Å². The lowest BCUT2D eigenvalue weighted by molar-refractivity contribution is -0.121. The number of halogens is 2. The zero-order chi connectivity index (χ0) is 23.6. The number of benzene rings is 1. The van der Waals surface area contributed by atoms with Gasteiger partial charge in [-0.15, -0.1) is 11.3 Å². The first kappa shape index (κ1) is 24.9. The summed E-state index contributed by atoms with van der Waals surface area (Å²) in [5, 5.41) is 9.11. The average Bonchev–Trinajstić information content (AvgIpc) is 3.29. The molecule has 3 aromatic rings. The molecule has 0 saturated carbocycles. The van der Waals surface area contributed by atoms with Gasteiger partial charge in [0, 0.05) is 56.0 Å². The molecule has 0 aliphatic carbocycles. The quantitative estimate of drug-likeness (QED) is 0.399. The highest BCUT2D eigenvalue weighted by Crippen LogP contribution is 2.30. The zero-order valence-electron chi connectivity index (χ0n) is 17.9. The number of anilines is 2. The normalized spacial score (nSPS) is 10.6. The van der Waals surface area contributed by atoms with Crippen molar-refractivity contribution in [3.05, 3.63) is 69.4 Å². The number of ether oxygens (including phenoxy) is 1. The Morgan fingerprint density at radius 3 is 2.70 bits per heavy atom. The van der Waals surface area contributed by atoms with Crippen molar-refractivity contribution in [2.24, 2.45) is 0 Å². The van der Waals surface area contributed by atoms with Crippen LogP contribution in [0.4, 0.5) is 10.8 Å². The molecule has 0 atom stereocenters. The molecule has 2 amide bonds. The smallest absolute Gasteiger partial charge is 0.273 e. The van der Waals surface area contributed by atoms with E-state index in [1.807, 2.05) is 12.1 Å². The predicted molar refractivity (Wildman–Crippen MR) is 130 cm³/mol. The number of hydrogen-bond acceptors (Lipinski definition) is 7. The van der Waals surface area contributed by atoms with Crippen LogP contribution in [0.5, 0.6) is 0 Å². The van der Waals surface area contributed by atoms with E-state index in [9.17, 15) is 9.59 Å². The Morgan fingerprint density at radius 1 is 1.15 bits per heavy atom. The predicted octanol–water partition coefficient (Wildman–Crippen LogP) is 4.38. The number of pyridine rings is 1. The second-order valence-corrected chi connectivity index (χ2v) is 8.66. The van der Waals surface area contributed by atoms with Crippen LogP contribution in [0.3, 0.4) is 0 Å². The number of hydrogen-bond donors (Lipinski definition) is 2. The summed E-state index contributed by atoms with van der Waals surface area (Å²) in [4.78, 5) is 35.2. The van der Waals surface area contributed by atoms with Crippen molar-refractivity contribution >= 4 is 57.2 Å². The van der Waals surface area contributed by atoms with Gasteiger partial charge in [-0.25, -0.2) is 4.98 Å². The average molecular weight is 508 g/mol. The second kappa shape index (κ2) is 12.5. The van der Waals surface area contributed by atoms with Crippen LogP contribution in [-0.2, 0) is 16.1 Å². The number of thiazole rings is 1. The van der Waals surface area contributed by atoms with Crippen LogP contribution in [0.1, 0.15) is 22.5 Å². The fraction of sp³-hybridized carbons (Fsp3) is 0.273. The van der Waals surface area contributed by atoms with Gasteiger partial charge in [-0.05, 0) is 35.9 Å². The zero-order valence-corrected chi connectivity index (χ0v) is 20.2. The monoisotopic (exact) mass is 507 g/mol. The third kappa shape index (κ3) is 7.68. The number of aromatic nitrogens is 2. The first-order valence-electron chi connectivity index (χ1n) is 10.1. The van der Waals surface area contributed by atoms with Crippen molar-refractivity contribution in [3.8, 4) is 0 Å². The highest BCUT2D eigenvalue weighted by molar-refractivity contribution is 7.14. The van der Waals surface area contributed by atoms with Crippen LogP contribution in [0.2, 0.25) is 10.0 Å². The summed E-state index contributed by atoms with van der Waals surface area (Å²) in [6.07, 6.45) is 3.50. The third-order valence-electron chi connectivity index (χ3n) is 4.59. The number of rotatable bonds is 11. The molecular weight excluding hydrogens is 485 g/mol. The van der Waals surface area contributed by atoms with Crippen LogP contribution in [-0.4, -0.2) is 53.5 Å². The minimum absolute atomic E-state index is 0.154. The molecule has 0 unspecified atom stereocenters. The molecule has 0 bridgehead atoms. The molecule has 0 aliphatic heterocycles. The Kier molecular flexibility index (Phi) is 9.44. The number of methoxy groups -OCH3 is 1. The van der Waals surface area contributed by atoms with Crippen LogP contribution in [0, 0.1) is 0 Å². The standard InChI is InChI=1S/C22H23Cl2N5O3S/c1-32-11-10-29(9-6-20(30)26-13-15-4-7-25-8-5-15)21(31)19-14-33-22(28-19)27-18-12-16(23)2-3-17(18)24/h2-5,7-8,12,14H,6,9-11,13H2,1H3,(H,26,30)(H,27,28). The van der Waals surface area contributed by atoms with Gasteiger partial charge in [0.1, 0.15) is 5.69 Å². The molecule has 0 spiro atoms. The molecular formula is C22H23Cl2N5O3S. The molecule has 1 aromatic carbocycles. The van der Waals surface area contributed by atoms with E-state index in [1.165, 1.54) is 11.3 Å². The fourth-order valence-electron chi connectivity index (χ4n) is 2.84. The molecule has 174 valence electrons. The number of nitrogens with one attached hydrogen (secondary N) is 2. The Bertz CT molecular complexity index is 1080. The molecule has 0 saturated heterocycles. The van der Waals surface area contributed by atoms with Gasteiger partial charge in [0.15, 0.2) is 5.13 Å². The topological polar surface area (TPSA) is 96.5 Å². The van der Waals surface area contributed by atoms with Crippen molar-refractivity contribution in [2.45, 2.75) is 13.0 Å². The van der Waals surface area contributed by atoms with E-state index in [0.717, 1.165) is 5.56 Å². The van der Waals surface area contributed by atoms with Gasteiger partial charge in [-0.1, -0.05) is 23.2 Å². The lowest BCUT2D eigenvalue weighted by atomic mass is 10.2. The first-order chi connectivity index (χ1) is 16.0. The van der Waals surface area contributed by atoms with Crippen molar-refractivity contribution in [3.63, 3.8) is 0 Å². The molecule has 8 nitrogen and oxygen atoms in total. The molecule has 11 heteroatoms. The van der Waals surface area contributed by atoms with Crippen LogP contribution in [0.25, 0.3) is 0 Å². The largest absolute Gasteiger partial charge is 0.383 e. The second-order valence-electron chi connectivity index (χ2n) is 6.95. The van der Waals surface area contributed by atoms with Gasteiger partial charge in [0.2, 0.25) is 5.91 Å². The van der Waals surface area contributed by atoms with Gasteiger partial charge in [0.25, 0.3) is 5.91 Å². The summed E-state index contributed by atoms with van der Waals surface area (Å²) < 4.78 is 5.12. The summed E-state index contributed by atoms with van der Waals surface area (Å²) in [5.41, 5.74) is 1.82. The maximum atomic E-state index is 13.0. The van der Waals surface area contributed by atoms with Crippen molar-refractivity contribution in [1.29, 1.82) is 0 Å². The van der Waals surface area contributed by atoms with Crippen LogP contribution < -0.4 is 10.6 Å². The van der Waals surface area contributed by atoms with Gasteiger partial charge in [-0.3, -0.25) is 14.6 Å². The summed E-state index contributed by atoms with van der Waals surface area (Å²) in [5.74, 6) is -0.436. The first-order valence-corrected chi connectivity index (χ1v) is 11.7. The van der Waals surface area contributed by atoms with Crippen molar-refractivity contribution in [2.75, 3.05) is 32.1 Å². The number of carbonyl (C=O) groups is 2. The van der Waals surface area contributed by atoms with Gasteiger partial charge >= 0.3 is 0 Å². The van der Waals surface area contributed by atoms with Gasteiger partial charge in [0.05, 0.1) is 17.3 Å². The van der Waals surface area contributed by atoms with E-state index in [1.54, 1.807) is 48.0 Å². The number of amides is 2. The molecule has 2 aromatic heterocycles. The number of nitrogens with zero attached hydrogens (tertiary/aromatic N) is 3. The number of carbonyl (C=O) groups excluding carboxylic acids is 2. The van der Waals surface area contributed by atoms with E-state index in [-0.39, 0.29) is 30.5 Å². The lowest BCUT2D eigenvalue weighted by Crippen LogP contribution is -2.37. The van der Waals surface area contributed by atoms with E-state index in [0.29, 0.717) is 40.6 Å². The minimum Gasteiger partial charge on any atom is -0.383 e. The summed E-state index contributed by atoms with van der Waals surface area (Å²) >= 11 is 13.5. The molecule has 33 heavy (non-hydrogen) atoms. The Balaban J connectivity index is 1.59. The maximum absolute atomic E-state index is 13.0. The molecule has 0 radical (unpaired) electrons. The molecule has 2 heterocycles. The molecule has 2 N–H and O–H groups in total. The van der Waals surface area contributed by atoms with Crippen LogP contribution in [0.15, 0.2) is 48.1 Å². The van der Waals surface area contributed by atoms with Crippen molar-refractivity contribution < 1.29 is 14.3 Å². The Labute approximate surface area is 205 Å². The highest BCUT2D eigenvalue weighted by atomic mass is 35.5. The maximum Gasteiger partial charge on any atom is 0.273 e. The van der Waals surface area contributed by atoms with E-state index in [4.69, 9.17) is 27.9 Å². The molecule has 0 fully saturated rings. The molecule has 0 aliphatic rings.